The molecule has 0 aromatic carbocycles. The van der Waals surface area contributed by atoms with Gasteiger partial charge in [0.2, 0.25) is 0 Å². The lowest BCUT2D eigenvalue weighted by Crippen LogP contribution is -2.04. The highest BCUT2D eigenvalue weighted by Gasteiger charge is 2.09. The van der Waals surface area contributed by atoms with E-state index in [-0.39, 0.29) is 0 Å². The van der Waals surface area contributed by atoms with Crippen molar-refractivity contribution in [2.24, 2.45) is 17.8 Å². The number of hydrogen-bond donors (Lipinski definition) is 0. The summed E-state index contributed by atoms with van der Waals surface area (Å²) in [5, 5.41) is 0. The predicted octanol–water partition coefficient (Wildman–Crippen LogP) is 7.72. The van der Waals surface area contributed by atoms with Gasteiger partial charge in [-0.25, -0.2) is 0 Å². The molecule has 0 spiro atoms. The van der Waals surface area contributed by atoms with Gasteiger partial charge in [0, 0.05) is 0 Å². The second-order valence-electron chi connectivity index (χ2n) is 6.23. The molecular formula is C19H44. The molecule has 1 fully saturated rings. The highest BCUT2D eigenvalue weighted by molar-refractivity contribution is 4.62. The Morgan fingerprint density at radius 2 is 1.05 bits per heavy atom. The van der Waals surface area contributed by atoms with Gasteiger partial charge in [-0.15, -0.1) is 0 Å². The summed E-state index contributed by atoms with van der Waals surface area (Å²) in [6, 6.07) is 0. The molecule has 0 aromatic heterocycles. The van der Waals surface area contributed by atoms with Crippen LogP contribution >= 0.6 is 0 Å². The Hall–Kier alpha value is 0. The van der Waals surface area contributed by atoms with Gasteiger partial charge >= 0.3 is 0 Å². The summed E-state index contributed by atoms with van der Waals surface area (Å²) in [6.07, 6.45) is 10.00. The predicted molar refractivity (Wildman–Crippen MR) is 93.9 cm³/mol. The zero-order valence-corrected chi connectivity index (χ0v) is 15.7. The lowest BCUT2D eigenvalue weighted by Gasteiger charge is -2.18. The molecule has 1 rings (SSSR count). The van der Waals surface area contributed by atoms with Gasteiger partial charge in [0.15, 0.2) is 0 Å². The van der Waals surface area contributed by atoms with Crippen molar-refractivity contribution in [1.82, 2.24) is 0 Å². The average Bonchev–Trinajstić information content (AvgIpc) is 2.37. The molecule has 0 nitrogen and oxygen atoms in total. The molecule has 0 radical (unpaired) electrons. The Labute approximate surface area is 125 Å². The molecule has 0 N–H and O–H groups in total. The highest BCUT2D eigenvalue weighted by Crippen LogP contribution is 2.24. The zero-order chi connectivity index (χ0) is 15.7. The van der Waals surface area contributed by atoms with Gasteiger partial charge in [-0.1, -0.05) is 107 Å². The average molecular weight is 273 g/mol. The molecular weight excluding hydrogens is 228 g/mol. The minimum Gasteiger partial charge on any atom is -0.0683 e. The highest BCUT2D eigenvalue weighted by atomic mass is 14.1. The molecule has 120 valence electrons. The Kier molecular flexibility index (Phi) is 25.7. The molecule has 0 atom stereocenters. The van der Waals surface area contributed by atoms with Crippen molar-refractivity contribution in [3.05, 3.63) is 0 Å². The second-order valence-corrected chi connectivity index (χ2v) is 6.23. The zero-order valence-electron chi connectivity index (χ0n) is 15.7. The van der Waals surface area contributed by atoms with Gasteiger partial charge in [-0.05, 0) is 17.8 Å². The number of rotatable bonds is 4. The van der Waals surface area contributed by atoms with Crippen molar-refractivity contribution < 1.29 is 0 Å². The van der Waals surface area contributed by atoms with Crippen molar-refractivity contribution >= 4 is 0 Å². The fraction of sp³-hybridized carbons (Fsp3) is 1.00. The van der Waals surface area contributed by atoms with E-state index in [1.165, 1.54) is 44.9 Å². The normalized spacial score (nSPS) is 13.4. The summed E-state index contributed by atoms with van der Waals surface area (Å²) < 4.78 is 0. The third-order valence-electron chi connectivity index (χ3n) is 3.68. The van der Waals surface area contributed by atoms with Crippen LogP contribution in [0.1, 0.15) is 107 Å². The quantitative estimate of drug-likeness (QED) is 0.459. The maximum Gasteiger partial charge on any atom is -0.0443 e. The van der Waals surface area contributed by atoms with Gasteiger partial charge in [0.1, 0.15) is 0 Å². The molecule has 0 aliphatic heterocycles. The van der Waals surface area contributed by atoms with E-state index in [1.807, 2.05) is 13.8 Å². The van der Waals surface area contributed by atoms with Crippen molar-refractivity contribution in [1.29, 1.82) is 0 Å². The van der Waals surface area contributed by atoms with Gasteiger partial charge in [0.05, 0.1) is 0 Å². The standard InChI is InChI=1S/2C6H14.C5H10.C2H6/c1-5(2)6(3)4;1-3-5-6-4-2;1-5-3-2-4-5;1-2/h5-6H,1-4H3;3-6H2,1-2H3;5H,2-4H2,1H3;1-2H3. The van der Waals surface area contributed by atoms with E-state index in [0.717, 1.165) is 17.8 Å². The SMILES string of the molecule is CC.CC(C)C(C)C.CC1CCC1.CCCCCC. The van der Waals surface area contributed by atoms with Crippen LogP contribution in [0, 0.1) is 17.8 Å². The summed E-state index contributed by atoms with van der Waals surface area (Å²) in [6.45, 7) is 19.7. The third-order valence-corrected chi connectivity index (χ3v) is 3.68. The Balaban J connectivity index is -0.000000190. The lowest BCUT2D eigenvalue weighted by molar-refractivity contribution is 0.346. The van der Waals surface area contributed by atoms with E-state index >= 15 is 0 Å². The van der Waals surface area contributed by atoms with Gasteiger partial charge < -0.3 is 0 Å². The van der Waals surface area contributed by atoms with Crippen molar-refractivity contribution in [2.75, 3.05) is 0 Å². The van der Waals surface area contributed by atoms with Crippen molar-refractivity contribution in [3.63, 3.8) is 0 Å². The monoisotopic (exact) mass is 272 g/mol. The molecule has 0 saturated heterocycles. The molecule has 1 saturated carbocycles. The van der Waals surface area contributed by atoms with Gasteiger partial charge in [-0.2, -0.15) is 0 Å². The molecule has 1 aliphatic rings. The first-order valence-corrected chi connectivity index (χ1v) is 8.95. The number of hydrogen-bond acceptors (Lipinski definition) is 0. The van der Waals surface area contributed by atoms with Crippen LogP contribution < -0.4 is 0 Å². The first kappa shape index (κ1) is 24.0. The van der Waals surface area contributed by atoms with Crippen LogP contribution in [0.5, 0.6) is 0 Å². The van der Waals surface area contributed by atoms with E-state index in [0.29, 0.717) is 0 Å². The molecule has 0 bridgehead atoms. The summed E-state index contributed by atoms with van der Waals surface area (Å²) in [5.74, 6) is 2.77. The fourth-order valence-electron chi connectivity index (χ4n) is 1.11. The summed E-state index contributed by atoms with van der Waals surface area (Å²) >= 11 is 0. The Bertz CT molecular complexity index is 110. The molecule has 0 unspecified atom stereocenters. The van der Waals surface area contributed by atoms with Crippen LogP contribution in [-0.4, -0.2) is 0 Å². The molecule has 19 heavy (non-hydrogen) atoms. The Morgan fingerprint density at radius 1 is 0.789 bits per heavy atom. The van der Waals surface area contributed by atoms with Crippen LogP contribution in [0.25, 0.3) is 0 Å². The molecule has 0 heteroatoms. The maximum absolute atomic E-state index is 2.31. The summed E-state index contributed by atoms with van der Waals surface area (Å²) in [4.78, 5) is 0. The summed E-state index contributed by atoms with van der Waals surface area (Å²) in [5.41, 5.74) is 0. The van der Waals surface area contributed by atoms with Gasteiger partial charge in [0.25, 0.3) is 0 Å². The van der Waals surface area contributed by atoms with Crippen molar-refractivity contribution in [2.45, 2.75) is 107 Å². The van der Waals surface area contributed by atoms with Crippen LogP contribution in [0.15, 0.2) is 0 Å². The summed E-state index contributed by atoms with van der Waals surface area (Å²) in [7, 11) is 0. The van der Waals surface area contributed by atoms with Crippen molar-refractivity contribution in [3.8, 4) is 0 Å². The van der Waals surface area contributed by atoms with Crippen LogP contribution in [-0.2, 0) is 0 Å². The first-order chi connectivity index (χ1) is 8.95. The maximum atomic E-state index is 2.31. The molecule has 1 aliphatic carbocycles. The first-order valence-electron chi connectivity index (χ1n) is 8.95. The van der Waals surface area contributed by atoms with E-state index in [2.05, 4.69) is 48.5 Å². The minimum atomic E-state index is 0.852. The van der Waals surface area contributed by atoms with Crippen LogP contribution in [0.3, 0.4) is 0 Å². The largest absolute Gasteiger partial charge is 0.0683 e. The second kappa shape index (κ2) is 20.3. The van der Waals surface area contributed by atoms with E-state index in [4.69, 9.17) is 0 Å². The van der Waals surface area contributed by atoms with E-state index < -0.39 is 0 Å². The Morgan fingerprint density at radius 3 is 1.11 bits per heavy atom. The third kappa shape index (κ3) is 27.3. The topological polar surface area (TPSA) is 0 Å². The lowest BCUT2D eigenvalue weighted by atomic mass is 9.88. The molecule has 0 amide bonds. The van der Waals surface area contributed by atoms with E-state index in [1.54, 1.807) is 0 Å². The molecule has 0 aromatic rings. The van der Waals surface area contributed by atoms with E-state index in [9.17, 15) is 0 Å². The van der Waals surface area contributed by atoms with Gasteiger partial charge in [-0.3, -0.25) is 0 Å². The molecule has 0 heterocycles. The fourth-order valence-corrected chi connectivity index (χ4v) is 1.11. The number of unbranched alkanes of at least 4 members (excludes halogenated alkanes) is 3. The van der Waals surface area contributed by atoms with Crippen LogP contribution in [0.4, 0.5) is 0 Å². The van der Waals surface area contributed by atoms with Crippen LogP contribution in [0.2, 0.25) is 0 Å². The minimum absolute atomic E-state index is 0.852. The smallest absolute Gasteiger partial charge is 0.0443 e.